The number of aryl methyl sites for hydroxylation is 1. The molecule has 0 radical (unpaired) electrons. The molecule has 1 saturated heterocycles. The van der Waals surface area contributed by atoms with E-state index in [1.807, 2.05) is 0 Å². The maximum Gasteiger partial charge on any atom is 0.419 e. The minimum absolute atomic E-state index is 0.0236. The normalized spacial score (nSPS) is 17.9. The average molecular weight is 442 g/mol. The van der Waals surface area contributed by atoms with E-state index >= 15 is 0 Å². The number of nitrogens with two attached hydrogens (primary N) is 1. The molecule has 10 heteroatoms. The molecule has 4 rings (SSSR count). The van der Waals surface area contributed by atoms with Crippen LogP contribution in [-0.4, -0.2) is 47.2 Å². The molecule has 2 aromatic carbocycles. The lowest BCUT2D eigenvalue weighted by Gasteiger charge is -2.34. The highest BCUT2D eigenvalue weighted by atomic mass is 19.1. The van der Waals surface area contributed by atoms with E-state index in [1.54, 1.807) is 17.0 Å². The van der Waals surface area contributed by atoms with Gasteiger partial charge in [0.25, 0.3) is 0 Å². The first-order valence-electron chi connectivity index (χ1n) is 9.91. The molecule has 1 aliphatic heterocycles. The van der Waals surface area contributed by atoms with Gasteiger partial charge in [0.2, 0.25) is 5.91 Å². The number of carbonyl (C=O) groups excluding carboxylic acids is 1. The largest absolute Gasteiger partial charge is 0.419 e. The van der Waals surface area contributed by atoms with Crippen molar-refractivity contribution >= 4 is 17.0 Å². The third kappa shape index (κ3) is 4.00. The van der Waals surface area contributed by atoms with E-state index in [1.165, 1.54) is 17.7 Å². The van der Waals surface area contributed by atoms with Gasteiger partial charge in [-0.1, -0.05) is 6.07 Å². The first-order valence-corrected chi connectivity index (χ1v) is 9.91. The molecule has 2 heterocycles. The number of aromatic nitrogens is 1. The average Bonchev–Trinajstić information content (AvgIpc) is 3.07. The van der Waals surface area contributed by atoms with Crippen molar-refractivity contribution < 1.29 is 22.7 Å². The van der Waals surface area contributed by atoms with Gasteiger partial charge in [0.1, 0.15) is 23.8 Å². The lowest BCUT2D eigenvalue weighted by Crippen LogP contribution is -2.52. The minimum atomic E-state index is -0.850. The van der Waals surface area contributed by atoms with Crippen LogP contribution in [0.3, 0.4) is 0 Å². The van der Waals surface area contributed by atoms with E-state index in [0.29, 0.717) is 23.2 Å². The second-order valence-corrected chi connectivity index (χ2v) is 7.64. The van der Waals surface area contributed by atoms with E-state index in [2.05, 4.69) is 6.07 Å². The predicted molar refractivity (Wildman–Crippen MR) is 110 cm³/mol. The summed E-state index contributed by atoms with van der Waals surface area (Å²) in [5.41, 5.74) is 6.52. The Kier molecular flexibility index (Phi) is 5.78. The fourth-order valence-electron chi connectivity index (χ4n) is 3.85. The van der Waals surface area contributed by atoms with Gasteiger partial charge in [-0.25, -0.2) is 13.6 Å². The smallest absolute Gasteiger partial charge is 0.408 e. The van der Waals surface area contributed by atoms with Crippen LogP contribution in [0.5, 0.6) is 0 Å². The number of ether oxygens (including phenoxy) is 1. The van der Waals surface area contributed by atoms with Gasteiger partial charge in [-0.3, -0.25) is 14.3 Å². The van der Waals surface area contributed by atoms with Crippen molar-refractivity contribution in [3.8, 4) is 17.2 Å². The van der Waals surface area contributed by atoms with Crippen molar-refractivity contribution in [2.45, 2.75) is 18.6 Å². The highest BCUT2D eigenvalue weighted by molar-refractivity contribution is 5.81. The van der Waals surface area contributed by atoms with Crippen LogP contribution in [0.25, 0.3) is 22.2 Å². The maximum absolute atomic E-state index is 14.9. The molecule has 0 aliphatic carbocycles. The topological polar surface area (TPSA) is 114 Å². The molecule has 1 fully saturated rings. The quantitative estimate of drug-likeness (QED) is 0.643. The van der Waals surface area contributed by atoms with Crippen molar-refractivity contribution in [3.05, 3.63) is 58.1 Å². The van der Waals surface area contributed by atoms with Gasteiger partial charge in [0, 0.05) is 32.1 Å². The number of hydrogen-bond acceptors (Lipinski definition) is 6. The first-order chi connectivity index (χ1) is 15.3. The number of oxazole rings is 1. The molecule has 0 saturated carbocycles. The molecular formula is C22H20F2N4O4. The zero-order chi connectivity index (χ0) is 23.0. The summed E-state index contributed by atoms with van der Waals surface area (Å²) in [5, 5.41) is 9.58. The summed E-state index contributed by atoms with van der Waals surface area (Å²) < 4.78 is 41.5. The van der Waals surface area contributed by atoms with Crippen LogP contribution in [0.1, 0.15) is 5.56 Å². The number of rotatable bonds is 5. The van der Waals surface area contributed by atoms with Crippen LogP contribution in [-0.2, 0) is 23.0 Å². The Morgan fingerprint density at radius 1 is 1.31 bits per heavy atom. The molecule has 32 heavy (non-hydrogen) atoms. The Morgan fingerprint density at radius 2 is 2.09 bits per heavy atom. The summed E-state index contributed by atoms with van der Waals surface area (Å²) in [6.07, 6.45) is -0.919. The molecule has 1 aromatic heterocycles. The number of carbonyl (C=O) groups is 1. The summed E-state index contributed by atoms with van der Waals surface area (Å²) >= 11 is 0. The highest BCUT2D eigenvalue weighted by Gasteiger charge is 2.30. The molecule has 2 N–H and O–H groups in total. The Labute approximate surface area is 181 Å². The number of nitrogens with zero attached hydrogens (tertiary/aromatic N) is 3. The summed E-state index contributed by atoms with van der Waals surface area (Å²) in [6.45, 7) is 0.688. The second kappa shape index (κ2) is 8.53. The molecule has 2 atom stereocenters. The number of hydrogen-bond donors (Lipinski definition) is 1. The molecule has 0 bridgehead atoms. The number of fused-ring (bicyclic) bond motifs is 1. The molecule has 166 valence electrons. The van der Waals surface area contributed by atoms with Crippen molar-refractivity contribution in [1.82, 2.24) is 9.47 Å². The van der Waals surface area contributed by atoms with Crippen molar-refractivity contribution in [3.63, 3.8) is 0 Å². The van der Waals surface area contributed by atoms with Gasteiger partial charge in [-0.15, -0.1) is 0 Å². The van der Waals surface area contributed by atoms with Gasteiger partial charge in [0.05, 0.1) is 18.2 Å². The van der Waals surface area contributed by atoms with Gasteiger partial charge in [0.15, 0.2) is 5.58 Å². The fraction of sp³-hybridized carbons (Fsp3) is 0.318. The van der Waals surface area contributed by atoms with Gasteiger partial charge in [-0.05, 0) is 35.4 Å². The van der Waals surface area contributed by atoms with Crippen molar-refractivity contribution in [2.75, 3.05) is 19.7 Å². The highest BCUT2D eigenvalue weighted by Crippen LogP contribution is 2.29. The zero-order valence-corrected chi connectivity index (χ0v) is 17.2. The lowest BCUT2D eigenvalue weighted by molar-refractivity contribution is -0.135. The van der Waals surface area contributed by atoms with Crippen LogP contribution in [0.4, 0.5) is 8.78 Å². The van der Waals surface area contributed by atoms with Crippen LogP contribution in [0, 0.1) is 23.0 Å². The SMILES string of the molecule is Cn1c(=O)oc2ccc(-c3cc(F)c(C[C@@H](C#N)N4CCO[C@H](C(N)=O)C4)cc3F)cc21. The monoisotopic (exact) mass is 442 g/mol. The fourth-order valence-corrected chi connectivity index (χ4v) is 3.85. The Hall–Kier alpha value is -3.55. The van der Waals surface area contributed by atoms with Crippen LogP contribution in [0.15, 0.2) is 39.5 Å². The third-order valence-corrected chi connectivity index (χ3v) is 5.66. The second-order valence-electron chi connectivity index (χ2n) is 7.64. The number of amides is 1. The van der Waals surface area contributed by atoms with Gasteiger partial charge >= 0.3 is 5.76 Å². The zero-order valence-electron chi connectivity index (χ0n) is 17.2. The standard InChI is InChI=1S/C22H20F2N4O4/c1-27-18-8-12(2-3-19(18)32-22(27)30)15-9-16(23)13(7-17(15)24)6-14(10-25)28-4-5-31-20(11-28)21(26)29/h2-3,7-9,14,20H,4-6,11H2,1H3,(H2,26,29)/t14-,20-/m0/s1. The minimum Gasteiger partial charge on any atom is -0.408 e. The predicted octanol–water partition coefficient (Wildman–Crippen LogP) is 1.70. The molecule has 8 nitrogen and oxygen atoms in total. The van der Waals surface area contributed by atoms with Crippen LogP contribution >= 0.6 is 0 Å². The summed E-state index contributed by atoms with van der Waals surface area (Å²) in [7, 11) is 1.52. The molecule has 3 aromatic rings. The number of benzene rings is 2. The van der Waals surface area contributed by atoms with E-state index in [4.69, 9.17) is 14.9 Å². The summed E-state index contributed by atoms with van der Waals surface area (Å²) in [4.78, 5) is 24.7. The summed E-state index contributed by atoms with van der Waals surface area (Å²) in [5.74, 6) is -2.52. The lowest BCUT2D eigenvalue weighted by atomic mass is 9.98. The van der Waals surface area contributed by atoms with E-state index in [9.17, 15) is 23.6 Å². The number of primary amides is 1. The van der Waals surface area contributed by atoms with Crippen molar-refractivity contribution in [2.24, 2.45) is 12.8 Å². The molecular weight excluding hydrogens is 422 g/mol. The van der Waals surface area contributed by atoms with Crippen LogP contribution < -0.4 is 11.5 Å². The summed E-state index contributed by atoms with van der Waals surface area (Å²) in [6, 6.07) is 8.06. The van der Waals surface area contributed by atoms with E-state index in [0.717, 1.165) is 12.1 Å². The van der Waals surface area contributed by atoms with Crippen LogP contribution in [0.2, 0.25) is 0 Å². The number of morpholine rings is 1. The number of nitriles is 1. The Bertz CT molecular complexity index is 1290. The van der Waals surface area contributed by atoms with E-state index < -0.39 is 35.4 Å². The molecule has 1 amide bonds. The van der Waals surface area contributed by atoms with Gasteiger partial charge < -0.3 is 14.9 Å². The Balaban J connectivity index is 1.61. The molecule has 0 unspecified atom stereocenters. The third-order valence-electron chi connectivity index (χ3n) is 5.66. The van der Waals surface area contributed by atoms with E-state index in [-0.39, 0.29) is 30.7 Å². The molecule has 0 spiro atoms. The Morgan fingerprint density at radius 3 is 2.81 bits per heavy atom. The van der Waals surface area contributed by atoms with Crippen molar-refractivity contribution in [1.29, 1.82) is 5.26 Å². The first kappa shape index (κ1) is 21.7. The molecule has 1 aliphatic rings. The maximum atomic E-state index is 14.9. The number of halogens is 2. The van der Waals surface area contributed by atoms with Gasteiger partial charge in [-0.2, -0.15) is 5.26 Å².